The molecule has 2 heterocycles. The van der Waals surface area contributed by atoms with Crippen LogP contribution < -0.4 is 9.47 Å². The Morgan fingerprint density at radius 3 is 2.84 bits per heavy atom. The zero-order valence-corrected chi connectivity index (χ0v) is 14.6. The van der Waals surface area contributed by atoms with Gasteiger partial charge in [-0.3, -0.25) is 0 Å². The summed E-state index contributed by atoms with van der Waals surface area (Å²) in [6, 6.07) is 15.4. The fourth-order valence-electron chi connectivity index (χ4n) is 4.86. The zero-order valence-electron chi connectivity index (χ0n) is 14.6. The molecule has 2 aromatic rings. The minimum Gasteiger partial charge on any atom is -0.454 e. The average Bonchev–Trinajstić information content (AvgIpc) is 3.32. The van der Waals surface area contributed by atoms with Gasteiger partial charge in [-0.25, -0.2) is 0 Å². The van der Waals surface area contributed by atoms with Gasteiger partial charge in [-0.15, -0.1) is 0 Å². The maximum absolute atomic E-state index is 5.75. The van der Waals surface area contributed by atoms with Crippen LogP contribution in [-0.4, -0.2) is 31.3 Å². The van der Waals surface area contributed by atoms with Gasteiger partial charge in [0.25, 0.3) is 0 Å². The maximum atomic E-state index is 5.75. The van der Waals surface area contributed by atoms with E-state index >= 15 is 0 Å². The Morgan fingerprint density at radius 1 is 1.00 bits per heavy atom. The monoisotopic (exact) mass is 335 g/mol. The molecule has 3 nitrogen and oxygen atoms in total. The molecule has 0 saturated carbocycles. The van der Waals surface area contributed by atoms with Crippen molar-refractivity contribution in [2.45, 2.75) is 37.5 Å². The quantitative estimate of drug-likeness (QED) is 0.833. The number of likely N-dealkylation sites (tertiary alicyclic amines) is 1. The molecule has 0 amide bonds. The van der Waals surface area contributed by atoms with E-state index in [2.05, 4.69) is 47.4 Å². The van der Waals surface area contributed by atoms with E-state index in [9.17, 15) is 0 Å². The smallest absolute Gasteiger partial charge is 0.231 e. The summed E-state index contributed by atoms with van der Waals surface area (Å²) in [5.74, 6) is 3.28. The molecule has 0 N–H and O–H groups in total. The van der Waals surface area contributed by atoms with E-state index in [-0.39, 0.29) is 0 Å². The first kappa shape index (κ1) is 15.3. The molecule has 0 aromatic heterocycles. The van der Waals surface area contributed by atoms with Crippen molar-refractivity contribution in [1.29, 1.82) is 0 Å². The highest BCUT2D eigenvalue weighted by Gasteiger charge is 2.31. The van der Waals surface area contributed by atoms with Gasteiger partial charge in [0.1, 0.15) is 0 Å². The average molecular weight is 335 g/mol. The third kappa shape index (κ3) is 2.81. The second-order valence-electron chi connectivity index (χ2n) is 7.61. The lowest BCUT2D eigenvalue weighted by molar-refractivity contribution is 0.173. The van der Waals surface area contributed by atoms with Gasteiger partial charge >= 0.3 is 0 Å². The van der Waals surface area contributed by atoms with Crippen LogP contribution in [0, 0.1) is 0 Å². The van der Waals surface area contributed by atoms with Gasteiger partial charge in [-0.1, -0.05) is 36.4 Å². The lowest BCUT2D eigenvalue weighted by atomic mass is 9.82. The number of hydrogen-bond donors (Lipinski definition) is 0. The lowest BCUT2D eigenvalue weighted by Gasteiger charge is -2.30. The number of benzene rings is 2. The van der Waals surface area contributed by atoms with Crippen molar-refractivity contribution in [2.75, 3.05) is 26.4 Å². The Labute approximate surface area is 149 Å². The van der Waals surface area contributed by atoms with Gasteiger partial charge in [0.2, 0.25) is 6.79 Å². The highest BCUT2D eigenvalue weighted by molar-refractivity contribution is 5.54. The van der Waals surface area contributed by atoms with Crippen LogP contribution in [0.5, 0.6) is 11.5 Å². The molecule has 0 spiro atoms. The topological polar surface area (TPSA) is 21.7 Å². The summed E-state index contributed by atoms with van der Waals surface area (Å²) >= 11 is 0. The summed E-state index contributed by atoms with van der Waals surface area (Å²) in [4.78, 5) is 2.67. The second-order valence-corrected chi connectivity index (χ2v) is 7.61. The summed E-state index contributed by atoms with van der Waals surface area (Å²) in [6.45, 7) is 3.97. The summed E-state index contributed by atoms with van der Waals surface area (Å²) in [5, 5.41) is 0. The Hall–Kier alpha value is -2.00. The highest BCUT2D eigenvalue weighted by atomic mass is 16.7. The normalized spacial score (nSPS) is 25.1. The molecule has 3 aliphatic rings. The van der Waals surface area contributed by atoms with Crippen LogP contribution in [0.1, 0.15) is 47.8 Å². The minimum absolute atomic E-state index is 0.376. The van der Waals surface area contributed by atoms with Gasteiger partial charge in [-0.2, -0.15) is 0 Å². The van der Waals surface area contributed by atoms with Gasteiger partial charge < -0.3 is 14.4 Å². The molecule has 0 bridgehead atoms. The van der Waals surface area contributed by atoms with E-state index < -0.39 is 0 Å². The third-order valence-electron chi connectivity index (χ3n) is 6.12. The van der Waals surface area contributed by atoms with Crippen molar-refractivity contribution in [3.63, 3.8) is 0 Å². The van der Waals surface area contributed by atoms with Crippen LogP contribution >= 0.6 is 0 Å². The second kappa shape index (κ2) is 6.38. The molecular weight excluding hydrogens is 310 g/mol. The molecule has 1 fully saturated rings. The summed E-state index contributed by atoms with van der Waals surface area (Å²) in [6.07, 6.45) is 4.96. The fraction of sp³-hybridized carbons (Fsp3) is 0.455. The van der Waals surface area contributed by atoms with Crippen molar-refractivity contribution in [3.05, 3.63) is 59.2 Å². The molecule has 3 heteroatoms. The molecule has 1 saturated heterocycles. The predicted octanol–water partition coefficient (Wildman–Crippen LogP) is 4.32. The Morgan fingerprint density at radius 2 is 1.92 bits per heavy atom. The standard InChI is InChI=1S/C22H25NO2/c1-2-5-16(6-3-1)17-11-12-23(13-17)14-18-7-4-8-20-19(18)9-10-21-22(20)25-15-24-21/h1-3,5-6,9-10,17-18H,4,7-8,11-15H2/t17-,18+/m1/s1. The van der Waals surface area contributed by atoms with Crippen LogP contribution in [-0.2, 0) is 6.42 Å². The molecule has 0 unspecified atom stereocenters. The molecule has 2 atom stereocenters. The number of hydrogen-bond acceptors (Lipinski definition) is 3. The third-order valence-corrected chi connectivity index (χ3v) is 6.12. The van der Waals surface area contributed by atoms with E-state index in [1.54, 1.807) is 0 Å². The van der Waals surface area contributed by atoms with E-state index in [0.717, 1.165) is 17.9 Å². The summed E-state index contributed by atoms with van der Waals surface area (Å²) < 4.78 is 11.3. The Balaban J connectivity index is 1.32. The Kier molecular flexibility index (Phi) is 3.90. The predicted molar refractivity (Wildman–Crippen MR) is 98.5 cm³/mol. The van der Waals surface area contributed by atoms with Crippen LogP contribution in [0.4, 0.5) is 0 Å². The maximum Gasteiger partial charge on any atom is 0.231 e. The number of rotatable bonds is 3. The number of ether oxygens (including phenoxy) is 2. The van der Waals surface area contributed by atoms with Crippen LogP contribution in [0.2, 0.25) is 0 Å². The first-order chi connectivity index (χ1) is 12.4. The van der Waals surface area contributed by atoms with E-state index in [0.29, 0.717) is 18.6 Å². The molecule has 2 aromatic carbocycles. The molecule has 5 rings (SSSR count). The Bertz CT molecular complexity index is 758. The number of nitrogens with zero attached hydrogens (tertiary/aromatic N) is 1. The highest BCUT2D eigenvalue weighted by Crippen LogP contribution is 2.44. The van der Waals surface area contributed by atoms with Crippen molar-refractivity contribution in [2.24, 2.45) is 0 Å². The van der Waals surface area contributed by atoms with E-state index in [1.165, 1.54) is 55.6 Å². The van der Waals surface area contributed by atoms with Crippen molar-refractivity contribution < 1.29 is 9.47 Å². The molecule has 130 valence electrons. The van der Waals surface area contributed by atoms with Crippen LogP contribution in [0.15, 0.2) is 42.5 Å². The minimum atomic E-state index is 0.376. The van der Waals surface area contributed by atoms with Gasteiger partial charge in [0.05, 0.1) is 0 Å². The summed E-state index contributed by atoms with van der Waals surface area (Å²) in [5.41, 5.74) is 4.40. The largest absolute Gasteiger partial charge is 0.454 e. The zero-order chi connectivity index (χ0) is 16.6. The molecular formula is C22H25NO2. The molecule has 0 radical (unpaired) electrons. The first-order valence-corrected chi connectivity index (χ1v) is 9.57. The molecule has 25 heavy (non-hydrogen) atoms. The molecule has 2 aliphatic heterocycles. The first-order valence-electron chi connectivity index (χ1n) is 9.57. The lowest BCUT2D eigenvalue weighted by Crippen LogP contribution is -2.28. The summed E-state index contributed by atoms with van der Waals surface area (Å²) in [7, 11) is 0. The van der Waals surface area contributed by atoms with Crippen molar-refractivity contribution in [1.82, 2.24) is 4.90 Å². The number of fused-ring (bicyclic) bond motifs is 3. The van der Waals surface area contributed by atoms with Gasteiger partial charge in [0.15, 0.2) is 11.5 Å². The van der Waals surface area contributed by atoms with E-state index in [4.69, 9.17) is 9.47 Å². The van der Waals surface area contributed by atoms with Gasteiger partial charge in [-0.05, 0) is 61.3 Å². The van der Waals surface area contributed by atoms with Crippen molar-refractivity contribution >= 4 is 0 Å². The van der Waals surface area contributed by atoms with Gasteiger partial charge in [0, 0.05) is 18.7 Å². The van der Waals surface area contributed by atoms with Crippen LogP contribution in [0.25, 0.3) is 0 Å². The van der Waals surface area contributed by atoms with Crippen LogP contribution in [0.3, 0.4) is 0 Å². The molecule has 1 aliphatic carbocycles. The van der Waals surface area contributed by atoms with Crippen molar-refractivity contribution in [3.8, 4) is 11.5 Å². The van der Waals surface area contributed by atoms with E-state index in [1.807, 2.05) is 0 Å². The fourth-order valence-corrected chi connectivity index (χ4v) is 4.86. The SMILES string of the molecule is c1ccc([C@@H]2CCN(C[C@@H]3CCCc4c3ccc3c4OCO3)C2)cc1.